The van der Waals surface area contributed by atoms with Crippen LogP contribution >= 0.6 is 0 Å². The third-order valence-electron chi connectivity index (χ3n) is 3.58. The van der Waals surface area contributed by atoms with Crippen LogP contribution in [0, 0.1) is 0 Å². The molecule has 0 saturated carbocycles. The topological polar surface area (TPSA) is 76.7 Å². The van der Waals surface area contributed by atoms with E-state index in [0.29, 0.717) is 17.3 Å². The molecule has 0 bridgehead atoms. The van der Waals surface area contributed by atoms with E-state index in [0.717, 1.165) is 16.9 Å². The molecule has 3 N–H and O–H groups in total. The van der Waals surface area contributed by atoms with E-state index in [9.17, 15) is 4.79 Å². The van der Waals surface area contributed by atoms with Crippen molar-refractivity contribution in [1.82, 2.24) is 5.43 Å². The minimum absolute atomic E-state index is 0.0811. The van der Waals surface area contributed by atoms with Crippen LogP contribution in [0.5, 0.6) is 5.75 Å². The van der Waals surface area contributed by atoms with E-state index < -0.39 is 0 Å². The summed E-state index contributed by atoms with van der Waals surface area (Å²) in [6, 6.07) is 15.0. The number of hydrazone groups is 1. The van der Waals surface area contributed by atoms with Crippen LogP contribution in [0.2, 0.25) is 0 Å². The minimum atomic E-state index is -0.302. The predicted molar refractivity (Wildman–Crippen MR) is 97.2 cm³/mol. The second kappa shape index (κ2) is 8.15. The summed E-state index contributed by atoms with van der Waals surface area (Å²) in [4.78, 5) is 11.9. The van der Waals surface area contributed by atoms with Crippen LogP contribution in [0.25, 0.3) is 0 Å². The molecule has 126 valence electrons. The van der Waals surface area contributed by atoms with Gasteiger partial charge in [-0.05, 0) is 42.2 Å². The van der Waals surface area contributed by atoms with Crippen LogP contribution < -0.4 is 15.9 Å². The Labute approximate surface area is 142 Å². The zero-order chi connectivity index (χ0) is 17.5. The molecule has 0 aliphatic rings. The summed E-state index contributed by atoms with van der Waals surface area (Å²) in [7, 11) is 0. The third-order valence-corrected chi connectivity index (χ3v) is 3.58. The number of hydrogen-bond donors (Lipinski definition) is 2. The lowest BCUT2D eigenvalue weighted by Gasteiger charge is -2.13. The molecule has 24 heavy (non-hydrogen) atoms. The highest BCUT2D eigenvalue weighted by Gasteiger charge is 2.09. The Morgan fingerprint density at radius 2 is 1.83 bits per heavy atom. The van der Waals surface area contributed by atoms with Crippen molar-refractivity contribution in [3.05, 3.63) is 59.7 Å². The van der Waals surface area contributed by atoms with Crippen molar-refractivity contribution in [1.29, 1.82) is 0 Å². The number of carbonyl (C=O) groups is 1. The average Bonchev–Trinajstić information content (AvgIpc) is 2.58. The number of para-hydroxylation sites is 1. The summed E-state index contributed by atoms with van der Waals surface area (Å²) in [5.41, 5.74) is 11.5. The Morgan fingerprint density at radius 1 is 1.17 bits per heavy atom. The molecule has 0 heterocycles. The number of nitrogen functional groups attached to an aromatic ring is 1. The second-order valence-corrected chi connectivity index (χ2v) is 5.84. The summed E-state index contributed by atoms with van der Waals surface area (Å²) in [6.45, 7) is 5.91. The number of anilines is 1. The summed E-state index contributed by atoms with van der Waals surface area (Å²) < 4.78 is 5.62. The van der Waals surface area contributed by atoms with Crippen molar-refractivity contribution in [2.24, 2.45) is 5.10 Å². The van der Waals surface area contributed by atoms with Crippen LogP contribution in [0.3, 0.4) is 0 Å². The molecule has 2 aromatic rings. The fraction of sp³-hybridized carbons (Fsp3) is 0.263. The van der Waals surface area contributed by atoms with Crippen molar-refractivity contribution < 1.29 is 9.53 Å². The lowest BCUT2D eigenvalue weighted by Crippen LogP contribution is -2.25. The Balaban J connectivity index is 1.92. The smallest absolute Gasteiger partial charge is 0.277 e. The minimum Gasteiger partial charge on any atom is -0.483 e. The molecule has 2 aromatic carbocycles. The number of amides is 1. The van der Waals surface area contributed by atoms with E-state index in [4.69, 9.17) is 10.5 Å². The number of rotatable bonds is 6. The van der Waals surface area contributed by atoms with Gasteiger partial charge in [0.1, 0.15) is 5.75 Å². The molecular weight excluding hydrogens is 302 g/mol. The summed E-state index contributed by atoms with van der Waals surface area (Å²) in [5, 5.41) is 4.09. The van der Waals surface area contributed by atoms with E-state index in [1.165, 1.54) is 0 Å². The molecule has 1 amide bonds. The molecule has 2 rings (SSSR count). The van der Waals surface area contributed by atoms with Crippen molar-refractivity contribution in [2.75, 3.05) is 12.3 Å². The number of benzene rings is 2. The Kier molecular flexibility index (Phi) is 5.95. The molecule has 0 unspecified atom stereocenters. The Bertz CT molecular complexity index is 722. The van der Waals surface area contributed by atoms with Gasteiger partial charge in [0.05, 0.1) is 5.71 Å². The zero-order valence-electron chi connectivity index (χ0n) is 14.2. The van der Waals surface area contributed by atoms with Gasteiger partial charge >= 0.3 is 0 Å². The van der Waals surface area contributed by atoms with Gasteiger partial charge in [-0.3, -0.25) is 4.79 Å². The first kappa shape index (κ1) is 17.5. The molecule has 5 nitrogen and oxygen atoms in total. The van der Waals surface area contributed by atoms with E-state index in [1.807, 2.05) is 43.3 Å². The van der Waals surface area contributed by atoms with Crippen LogP contribution in [0.4, 0.5) is 5.69 Å². The highest BCUT2D eigenvalue weighted by atomic mass is 16.5. The SMILES string of the molecule is C/C(=N/NC(=O)COc1ccccc1C(C)C)c1ccc(N)cc1. The molecule has 0 radical (unpaired) electrons. The first-order valence-electron chi connectivity index (χ1n) is 7.88. The quantitative estimate of drug-likeness (QED) is 0.486. The third kappa shape index (κ3) is 4.84. The number of nitrogens with zero attached hydrogens (tertiary/aromatic N) is 1. The number of carbonyl (C=O) groups excluding carboxylic acids is 1. The standard InChI is InChI=1S/C19H23N3O2/c1-13(2)17-6-4-5-7-18(17)24-12-19(23)22-21-14(3)15-8-10-16(20)11-9-15/h4-11,13H,12,20H2,1-3H3,(H,22,23)/b21-14-. The van der Waals surface area contributed by atoms with E-state index in [1.54, 1.807) is 12.1 Å². The molecule has 5 heteroatoms. The predicted octanol–water partition coefficient (Wildman–Crippen LogP) is 3.31. The molecule has 0 aliphatic carbocycles. The number of nitrogens with two attached hydrogens (primary N) is 1. The highest BCUT2D eigenvalue weighted by molar-refractivity contribution is 5.99. The normalized spacial score (nSPS) is 11.4. The molecule has 0 spiro atoms. The summed E-state index contributed by atoms with van der Waals surface area (Å²) in [6.07, 6.45) is 0. The van der Waals surface area contributed by atoms with Crippen LogP contribution in [-0.4, -0.2) is 18.2 Å². The van der Waals surface area contributed by atoms with Gasteiger partial charge in [-0.1, -0.05) is 44.2 Å². The van der Waals surface area contributed by atoms with Gasteiger partial charge in [-0.2, -0.15) is 5.10 Å². The van der Waals surface area contributed by atoms with Gasteiger partial charge in [-0.15, -0.1) is 0 Å². The van der Waals surface area contributed by atoms with Crippen LogP contribution in [0.1, 0.15) is 37.8 Å². The number of hydrogen-bond acceptors (Lipinski definition) is 4. The molecule has 0 fully saturated rings. The summed E-state index contributed by atoms with van der Waals surface area (Å²) >= 11 is 0. The Morgan fingerprint density at radius 3 is 2.50 bits per heavy atom. The Hall–Kier alpha value is -2.82. The largest absolute Gasteiger partial charge is 0.483 e. The highest BCUT2D eigenvalue weighted by Crippen LogP contribution is 2.25. The van der Waals surface area contributed by atoms with E-state index in [2.05, 4.69) is 24.4 Å². The van der Waals surface area contributed by atoms with Gasteiger partial charge in [0.25, 0.3) is 5.91 Å². The average molecular weight is 325 g/mol. The maximum Gasteiger partial charge on any atom is 0.277 e. The van der Waals surface area contributed by atoms with E-state index in [-0.39, 0.29) is 12.5 Å². The van der Waals surface area contributed by atoms with Crippen LogP contribution in [0.15, 0.2) is 53.6 Å². The van der Waals surface area contributed by atoms with Gasteiger partial charge < -0.3 is 10.5 Å². The van der Waals surface area contributed by atoms with Gasteiger partial charge in [0.2, 0.25) is 0 Å². The fourth-order valence-electron chi connectivity index (χ4n) is 2.20. The fourth-order valence-corrected chi connectivity index (χ4v) is 2.20. The molecule has 0 aliphatic heterocycles. The van der Waals surface area contributed by atoms with Crippen molar-refractivity contribution in [3.63, 3.8) is 0 Å². The summed E-state index contributed by atoms with van der Waals surface area (Å²) in [5.74, 6) is 0.750. The first-order valence-corrected chi connectivity index (χ1v) is 7.88. The van der Waals surface area contributed by atoms with E-state index >= 15 is 0 Å². The van der Waals surface area contributed by atoms with Crippen molar-refractivity contribution >= 4 is 17.3 Å². The maximum absolute atomic E-state index is 11.9. The molecule has 0 saturated heterocycles. The zero-order valence-corrected chi connectivity index (χ0v) is 14.2. The monoisotopic (exact) mass is 325 g/mol. The molecule has 0 atom stereocenters. The number of nitrogens with one attached hydrogen (secondary N) is 1. The lowest BCUT2D eigenvalue weighted by atomic mass is 10.0. The maximum atomic E-state index is 11.9. The molecular formula is C19H23N3O2. The number of ether oxygens (including phenoxy) is 1. The second-order valence-electron chi connectivity index (χ2n) is 5.84. The lowest BCUT2D eigenvalue weighted by molar-refractivity contribution is -0.123. The van der Waals surface area contributed by atoms with Gasteiger partial charge in [-0.25, -0.2) is 5.43 Å². The van der Waals surface area contributed by atoms with Gasteiger partial charge in [0.15, 0.2) is 6.61 Å². The van der Waals surface area contributed by atoms with Crippen molar-refractivity contribution in [3.8, 4) is 5.75 Å². The van der Waals surface area contributed by atoms with Gasteiger partial charge in [0, 0.05) is 5.69 Å². The van der Waals surface area contributed by atoms with Crippen LogP contribution in [-0.2, 0) is 4.79 Å². The molecule has 0 aromatic heterocycles. The van der Waals surface area contributed by atoms with Crippen molar-refractivity contribution in [2.45, 2.75) is 26.7 Å². The first-order chi connectivity index (χ1) is 11.5.